The number of benzene rings is 2. The highest BCUT2D eigenvalue weighted by Crippen LogP contribution is 2.48. The lowest BCUT2D eigenvalue weighted by atomic mass is 9.62. The fourth-order valence-corrected chi connectivity index (χ4v) is 5.52. The predicted octanol–water partition coefficient (Wildman–Crippen LogP) is 6.22. The Morgan fingerprint density at radius 2 is 1.61 bits per heavy atom. The number of nitrogens with zero attached hydrogens (tertiary/aromatic N) is 1. The lowest BCUT2D eigenvalue weighted by Crippen LogP contribution is -2.34. The van der Waals surface area contributed by atoms with E-state index in [-0.39, 0.29) is 27.7 Å². The lowest BCUT2D eigenvalue weighted by molar-refractivity contribution is -0.125. The first-order chi connectivity index (χ1) is 14.5. The van der Waals surface area contributed by atoms with Gasteiger partial charge < -0.3 is 4.74 Å². The van der Waals surface area contributed by atoms with Gasteiger partial charge in [-0.3, -0.25) is 14.5 Å². The van der Waals surface area contributed by atoms with E-state index >= 15 is 0 Å². The molecule has 0 atom stereocenters. The zero-order chi connectivity index (χ0) is 22.6. The second-order valence-corrected chi connectivity index (χ2v) is 11.0. The Kier molecular flexibility index (Phi) is 5.45. The van der Waals surface area contributed by atoms with E-state index in [0.29, 0.717) is 6.54 Å². The molecule has 1 aliphatic heterocycles. The molecular weight excluding hydrogens is 406 g/mol. The van der Waals surface area contributed by atoms with Gasteiger partial charge in [0.15, 0.2) is 0 Å². The van der Waals surface area contributed by atoms with Gasteiger partial charge in [-0.1, -0.05) is 51.6 Å². The summed E-state index contributed by atoms with van der Waals surface area (Å²) in [4.78, 5) is 25.5. The molecule has 5 heteroatoms. The number of aryl methyl sites for hydroxylation is 1. The minimum Gasteiger partial charge on any atom is -0.496 e. The second kappa shape index (κ2) is 7.70. The fourth-order valence-electron chi connectivity index (χ4n) is 4.79. The van der Waals surface area contributed by atoms with Gasteiger partial charge >= 0.3 is 0 Å². The molecule has 0 radical (unpaired) electrons. The van der Waals surface area contributed by atoms with E-state index < -0.39 is 0 Å². The molecule has 1 saturated heterocycles. The first kappa shape index (κ1) is 21.9. The van der Waals surface area contributed by atoms with E-state index in [1.54, 1.807) is 7.11 Å². The molecule has 1 aliphatic carbocycles. The van der Waals surface area contributed by atoms with Crippen molar-refractivity contribution in [3.05, 3.63) is 52.6 Å². The summed E-state index contributed by atoms with van der Waals surface area (Å²) in [5.41, 5.74) is 7.41. The van der Waals surface area contributed by atoms with Crippen molar-refractivity contribution in [3.63, 3.8) is 0 Å². The van der Waals surface area contributed by atoms with Gasteiger partial charge in [-0.15, -0.1) is 0 Å². The smallest absolute Gasteiger partial charge is 0.289 e. The Balaban J connectivity index is 1.82. The number of imide groups is 1. The van der Waals surface area contributed by atoms with Crippen LogP contribution in [0.4, 0.5) is 4.79 Å². The summed E-state index contributed by atoms with van der Waals surface area (Å²) in [6, 6.07) is 10.6. The quantitative estimate of drug-likeness (QED) is 0.570. The summed E-state index contributed by atoms with van der Waals surface area (Å²) >= 11 is 1.07. The van der Waals surface area contributed by atoms with E-state index in [1.165, 1.54) is 28.0 Å². The fraction of sp³-hybridized carbons (Fsp3) is 0.462. The minimum absolute atomic E-state index is 0.115. The average molecular weight is 438 g/mol. The van der Waals surface area contributed by atoms with Crippen molar-refractivity contribution in [2.24, 2.45) is 0 Å². The first-order valence-corrected chi connectivity index (χ1v) is 11.8. The van der Waals surface area contributed by atoms with Crippen molar-refractivity contribution in [2.45, 2.75) is 64.8 Å². The van der Waals surface area contributed by atoms with Crippen LogP contribution in [0.25, 0.3) is 11.1 Å². The number of methoxy groups -OCH3 is 1. The van der Waals surface area contributed by atoms with Gasteiger partial charge in [0.1, 0.15) is 5.75 Å². The van der Waals surface area contributed by atoms with Crippen LogP contribution < -0.4 is 4.74 Å². The molecule has 1 fully saturated rings. The number of hydrogen-bond donors (Lipinski definition) is 0. The molecule has 1 heterocycles. The molecule has 2 aromatic carbocycles. The van der Waals surface area contributed by atoms with Crippen LogP contribution in [0.2, 0.25) is 0 Å². The Morgan fingerprint density at radius 1 is 0.968 bits per heavy atom. The number of hydrogen-bond acceptors (Lipinski definition) is 4. The lowest BCUT2D eigenvalue weighted by Gasteiger charge is -2.42. The number of carbonyl (C=O) groups excluding carboxylic acids is 2. The van der Waals surface area contributed by atoms with Gasteiger partial charge in [0.05, 0.1) is 19.4 Å². The van der Waals surface area contributed by atoms with Crippen LogP contribution in [0.1, 0.15) is 62.8 Å². The Hall–Kier alpha value is -2.27. The maximum absolute atomic E-state index is 12.1. The van der Waals surface area contributed by atoms with Crippen LogP contribution >= 0.6 is 11.8 Å². The van der Waals surface area contributed by atoms with Crippen LogP contribution in [0, 0.1) is 6.92 Å². The number of fused-ring (bicyclic) bond motifs is 1. The van der Waals surface area contributed by atoms with Crippen molar-refractivity contribution in [2.75, 3.05) is 12.9 Å². The Morgan fingerprint density at radius 3 is 2.19 bits per heavy atom. The minimum atomic E-state index is -0.170. The topological polar surface area (TPSA) is 46.6 Å². The maximum atomic E-state index is 12.1. The van der Waals surface area contributed by atoms with Crippen molar-refractivity contribution in [1.82, 2.24) is 4.90 Å². The molecule has 2 aromatic rings. The third-order valence-electron chi connectivity index (χ3n) is 6.93. The Bertz CT molecular complexity index is 1050. The zero-order valence-electron chi connectivity index (χ0n) is 19.3. The van der Waals surface area contributed by atoms with E-state index in [2.05, 4.69) is 52.8 Å². The summed E-state index contributed by atoms with van der Waals surface area (Å²) in [6.45, 7) is 11.8. The first-order valence-electron chi connectivity index (χ1n) is 10.8. The summed E-state index contributed by atoms with van der Waals surface area (Å²) in [5.74, 6) is 0.908. The van der Waals surface area contributed by atoms with E-state index in [4.69, 9.17) is 4.74 Å². The van der Waals surface area contributed by atoms with Gasteiger partial charge in [-0.2, -0.15) is 0 Å². The predicted molar refractivity (Wildman–Crippen MR) is 127 cm³/mol. The molecule has 2 aliphatic rings. The van der Waals surface area contributed by atoms with Gasteiger partial charge in [0.25, 0.3) is 5.24 Å². The summed E-state index contributed by atoms with van der Waals surface area (Å²) < 4.78 is 5.71. The number of amides is 2. The number of rotatable bonds is 4. The molecule has 31 heavy (non-hydrogen) atoms. The van der Waals surface area contributed by atoms with Crippen LogP contribution in [0.3, 0.4) is 0 Å². The summed E-state index contributed by atoms with van der Waals surface area (Å²) in [6.07, 6.45) is 2.34. The molecule has 164 valence electrons. The molecule has 0 saturated carbocycles. The molecule has 0 N–H and O–H groups in total. The van der Waals surface area contributed by atoms with Gasteiger partial charge in [0.2, 0.25) is 5.91 Å². The zero-order valence-corrected chi connectivity index (χ0v) is 20.1. The van der Waals surface area contributed by atoms with Crippen molar-refractivity contribution in [3.8, 4) is 16.9 Å². The highest BCUT2D eigenvalue weighted by Gasteiger charge is 2.37. The molecule has 0 spiro atoms. The highest BCUT2D eigenvalue weighted by atomic mass is 32.2. The van der Waals surface area contributed by atoms with E-state index in [1.807, 2.05) is 12.1 Å². The largest absolute Gasteiger partial charge is 0.496 e. The van der Waals surface area contributed by atoms with Crippen molar-refractivity contribution in [1.29, 1.82) is 0 Å². The van der Waals surface area contributed by atoms with Gasteiger partial charge in [-0.25, -0.2) is 0 Å². The van der Waals surface area contributed by atoms with Gasteiger partial charge in [0, 0.05) is 5.56 Å². The SMILES string of the molecule is COc1ccc(CN2C(=O)CSC2=O)cc1-c1cc2c(cc1C)C(C)(C)CCC2(C)C. The Labute approximate surface area is 189 Å². The van der Waals surface area contributed by atoms with Crippen molar-refractivity contribution < 1.29 is 14.3 Å². The molecular formula is C26H31NO3S. The highest BCUT2D eigenvalue weighted by molar-refractivity contribution is 8.14. The van der Waals surface area contributed by atoms with E-state index in [0.717, 1.165) is 40.6 Å². The molecule has 4 rings (SSSR count). The molecule has 4 nitrogen and oxygen atoms in total. The summed E-state index contributed by atoms with van der Waals surface area (Å²) in [7, 11) is 1.68. The van der Waals surface area contributed by atoms with E-state index in [9.17, 15) is 9.59 Å². The molecule has 0 bridgehead atoms. The number of ether oxygens (including phenoxy) is 1. The normalized spacial score (nSPS) is 19.5. The molecule has 2 amide bonds. The second-order valence-electron chi connectivity index (χ2n) is 10.0. The maximum Gasteiger partial charge on any atom is 0.289 e. The molecule has 0 unspecified atom stereocenters. The van der Waals surface area contributed by atoms with Crippen LogP contribution in [-0.4, -0.2) is 28.9 Å². The van der Waals surface area contributed by atoms with Crippen LogP contribution in [0.5, 0.6) is 5.75 Å². The van der Waals surface area contributed by atoms with Crippen LogP contribution in [-0.2, 0) is 22.2 Å². The standard InChI is InChI=1S/C26H31NO3S/c1-16-11-20-21(26(4,5)10-9-25(20,2)3)13-18(16)19-12-17(7-8-22(19)30-6)14-27-23(28)15-31-24(27)29/h7-8,11-13H,9-10,14-15H2,1-6H3. The molecule has 0 aromatic heterocycles. The number of carbonyl (C=O) groups is 2. The average Bonchev–Trinajstić information content (AvgIpc) is 3.03. The third-order valence-corrected chi connectivity index (χ3v) is 7.79. The van der Waals surface area contributed by atoms with Gasteiger partial charge in [-0.05, 0) is 76.6 Å². The van der Waals surface area contributed by atoms with Crippen LogP contribution in [0.15, 0.2) is 30.3 Å². The van der Waals surface area contributed by atoms with Crippen molar-refractivity contribution >= 4 is 22.9 Å². The third kappa shape index (κ3) is 3.89. The monoisotopic (exact) mass is 437 g/mol. The number of thioether (sulfide) groups is 1. The summed E-state index contributed by atoms with van der Waals surface area (Å²) in [5, 5.41) is -0.170.